The zero-order valence-corrected chi connectivity index (χ0v) is 14.0. The van der Waals surface area contributed by atoms with E-state index < -0.39 is 0 Å². The second-order valence-electron chi connectivity index (χ2n) is 4.84. The Morgan fingerprint density at radius 3 is 2.61 bits per heavy atom. The maximum atomic E-state index is 5.38. The largest absolute Gasteiger partial charge is 0.493 e. The van der Waals surface area contributed by atoms with E-state index in [1.807, 2.05) is 41.9 Å². The van der Waals surface area contributed by atoms with E-state index >= 15 is 0 Å². The Kier molecular flexibility index (Phi) is 4.43. The minimum absolute atomic E-state index is 0.648. The van der Waals surface area contributed by atoms with E-state index in [0.29, 0.717) is 11.5 Å². The van der Waals surface area contributed by atoms with E-state index in [4.69, 9.17) is 9.47 Å². The number of aromatic nitrogens is 1. The molecule has 5 nitrogen and oxygen atoms in total. The van der Waals surface area contributed by atoms with E-state index in [1.54, 1.807) is 31.8 Å². The molecule has 0 radical (unpaired) electrons. The summed E-state index contributed by atoms with van der Waals surface area (Å²) in [6.07, 6.45) is 1.67. The maximum Gasteiger partial charge on any atom is 0.211 e. The molecule has 0 fully saturated rings. The second kappa shape index (κ2) is 6.66. The van der Waals surface area contributed by atoms with Gasteiger partial charge in [-0.1, -0.05) is 29.5 Å². The van der Waals surface area contributed by atoms with Crippen molar-refractivity contribution in [3.63, 3.8) is 0 Å². The first-order valence-electron chi connectivity index (χ1n) is 7.07. The summed E-state index contributed by atoms with van der Waals surface area (Å²) in [5, 5.41) is 8.53. The molecule has 0 saturated heterocycles. The van der Waals surface area contributed by atoms with Gasteiger partial charge >= 0.3 is 0 Å². The fraction of sp³-hybridized carbons (Fsp3) is 0.176. The van der Waals surface area contributed by atoms with Gasteiger partial charge in [0.25, 0.3) is 0 Å². The van der Waals surface area contributed by atoms with Crippen molar-refractivity contribution < 1.29 is 9.47 Å². The van der Waals surface area contributed by atoms with Crippen molar-refractivity contribution in [2.24, 2.45) is 17.3 Å². The number of fused-ring (bicyclic) bond motifs is 1. The van der Waals surface area contributed by atoms with Crippen LogP contribution in [0.1, 0.15) is 5.56 Å². The number of ether oxygens (including phenoxy) is 2. The number of nitrogens with zero attached hydrogens (tertiary/aromatic N) is 3. The van der Waals surface area contributed by atoms with E-state index in [-0.39, 0.29) is 0 Å². The Hall–Kier alpha value is -2.60. The zero-order valence-electron chi connectivity index (χ0n) is 13.2. The van der Waals surface area contributed by atoms with Crippen molar-refractivity contribution in [3.8, 4) is 11.5 Å². The molecule has 0 bridgehead atoms. The molecule has 0 aliphatic carbocycles. The first-order valence-corrected chi connectivity index (χ1v) is 7.89. The number of thiazole rings is 1. The van der Waals surface area contributed by atoms with Gasteiger partial charge in [0.05, 0.1) is 30.7 Å². The highest BCUT2D eigenvalue weighted by atomic mass is 32.1. The lowest BCUT2D eigenvalue weighted by molar-refractivity contribution is 0.354. The molecular weight excluding hydrogens is 310 g/mol. The Morgan fingerprint density at radius 1 is 1.04 bits per heavy atom. The third-order valence-electron chi connectivity index (χ3n) is 3.49. The third-order valence-corrected chi connectivity index (χ3v) is 4.59. The molecule has 0 atom stereocenters. The maximum absolute atomic E-state index is 5.38. The standard InChI is InChI=1S/C17H17N3O2S/c1-20-13-8-4-5-10-15(13)23-17(20)19-18-11-12-7-6-9-14(21-2)16(12)22-3/h4-11H,1-3H3/b18-11+,19-17-. The summed E-state index contributed by atoms with van der Waals surface area (Å²) in [5.41, 5.74) is 1.96. The van der Waals surface area contributed by atoms with Gasteiger partial charge < -0.3 is 14.0 Å². The molecule has 0 saturated carbocycles. The van der Waals surface area contributed by atoms with E-state index in [0.717, 1.165) is 15.9 Å². The fourth-order valence-corrected chi connectivity index (χ4v) is 3.31. The summed E-state index contributed by atoms with van der Waals surface area (Å²) in [7, 11) is 5.21. The van der Waals surface area contributed by atoms with Crippen LogP contribution in [-0.2, 0) is 7.05 Å². The minimum atomic E-state index is 0.648. The number of aryl methyl sites for hydroxylation is 1. The molecular formula is C17H17N3O2S. The number of hydrogen-bond acceptors (Lipinski definition) is 5. The average molecular weight is 327 g/mol. The van der Waals surface area contributed by atoms with Crippen molar-refractivity contribution in [1.29, 1.82) is 0 Å². The molecule has 0 amide bonds. The molecule has 118 valence electrons. The van der Waals surface area contributed by atoms with Crippen molar-refractivity contribution in [1.82, 2.24) is 4.57 Å². The second-order valence-corrected chi connectivity index (χ2v) is 5.85. The molecule has 6 heteroatoms. The molecule has 3 aromatic rings. The monoisotopic (exact) mass is 327 g/mol. The van der Waals surface area contributed by atoms with Crippen molar-refractivity contribution >= 4 is 27.8 Å². The topological polar surface area (TPSA) is 48.1 Å². The molecule has 0 aliphatic rings. The average Bonchev–Trinajstić information content (AvgIpc) is 2.91. The lowest BCUT2D eigenvalue weighted by atomic mass is 10.2. The Balaban J connectivity index is 1.98. The smallest absolute Gasteiger partial charge is 0.211 e. The fourth-order valence-electron chi connectivity index (χ4n) is 2.33. The van der Waals surface area contributed by atoms with Crippen LogP contribution in [0.4, 0.5) is 0 Å². The van der Waals surface area contributed by atoms with Crippen molar-refractivity contribution in [3.05, 3.63) is 52.8 Å². The Bertz CT molecular complexity index is 925. The molecule has 3 rings (SSSR count). The highest BCUT2D eigenvalue weighted by molar-refractivity contribution is 7.16. The number of hydrogen-bond donors (Lipinski definition) is 0. The van der Waals surface area contributed by atoms with Crippen molar-refractivity contribution in [2.45, 2.75) is 0 Å². The molecule has 1 heterocycles. The first kappa shape index (κ1) is 15.3. The van der Waals surface area contributed by atoms with Crippen molar-refractivity contribution in [2.75, 3.05) is 14.2 Å². The summed E-state index contributed by atoms with van der Waals surface area (Å²) < 4.78 is 13.9. The number of methoxy groups -OCH3 is 2. The van der Waals surface area contributed by atoms with Gasteiger partial charge in [-0.05, 0) is 24.3 Å². The van der Waals surface area contributed by atoms with Gasteiger partial charge in [0.1, 0.15) is 0 Å². The van der Waals surface area contributed by atoms with Gasteiger partial charge in [-0.2, -0.15) is 5.10 Å². The van der Waals surface area contributed by atoms with Crippen LogP contribution in [-0.4, -0.2) is 25.0 Å². The van der Waals surface area contributed by atoms with Crippen LogP contribution in [0, 0.1) is 0 Å². The molecule has 0 unspecified atom stereocenters. The third kappa shape index (κ3) is 2.98. The van der Waals surface area contributed by atoms with E-state index in [2.05, 4.69) is 22.3 Å². The highest BCUT2D eigenvalue weighted by Crippen LogP contribution is 2.29. The number of benzene rings is 2. The van der Waals surface area contributed by atoms with Crippen LogP contribution in [0.15, 0.2) is 52.7 Å². The highest BCUT2D eigenvalue weighted by Gasteiger charge is 2.07. The van der Waals surface area contributed by atoms with Gasteiger partial charge in [-0.25, -0.2) is 0 Å². The van der Waals surface area contributed by atoms with Gasteiger partial charge in [-0.15, -0.1) is 5.10 Å². The van der Waals surface area contributed by atoms with Crippen LogP contribution >= 0.6 is 11.3 Å². The van der Waals surface area contributed by atoms with Crippen LogP contribution in [0.2, 0.25) is 0 Å². The van der Waals surface area contributed by atoms with Crippen LogP contribution in [0.5, 0.6) is 11.5 Å². The minimum Gasteiger partial charge on any atom is -0.493 e. The zero-order chi connectivity index (χ0) is 16.2. The lowest BCUT2D eigenvalue weighted by Crippen LogP contribution is -2.08. The summed E-state index contributed by atoms with van der Waals surface area (Å²) >= 11 is 1.60. The summed E-state index contributed by atoms with van der Waals surface area (Å²) in [5.74, 6) is 1.32. The Labute approximate surface area is 138 Å². The quantitative estimate of drug-likeness (QED) is 0.546. The molecule has 23 heavy (non-hydrogen) atoms. The van der Waals surface area contributed by atoms with E-state index in [9.17, 15) is 0 Å². The molecule has 0 N–H and O–H groups in total. The first-order chi connectivity index (χ1) is 11.2. The molecule has 0 spiro atoms. The summed E-state index contributed by atoms with van der Waals surface area (Å²) in [4.78, 5) is 0.837. The SMILES string of the molecule is COc1cccc(/C=N/N=c2\sc3ccccc3n2C)c1OC. The van der Waals surface area contributed by atoms with Gasteiger partial charge in [-0.3, -0.25) is 0 Å². The number of rotatable bonds is 4. The van der Waals surface area contributed by atoms with Gasteiger partial charge in [0, 0.05) is 12.6 Å². The van der Waals surface area contributed by atoms with Crippen LogP contribution in [0.3, 0.4) is 0 Å². The predicted octanol–water partition coefficient (Wildman–Crippen LogP) is 3.19. The van der Waals surface area contributed by atoms with Crippen LogP contribution < -0.4 is 14.3 Å². The lowest BCUT2D eigenvalue weighted by Gasteiger charge is -2.08. The van der Waals surface area contributed by atoms with Gasteiger partial charge in [0.15, 0.2) is 11.5 Å². The van der Waals surface area contributed by atoms with Crippen LogP contribution in [0.25, 0.3) is 10.2 Å². The Morgan fingerprint density at radius 2 is 1.87 bits per heavy atom. The molecule has 0 aliphatic heterocycles. The van der Waals surface area contributed by atoms with E-state index in [1.165, 1.54) is 4.70 Å². The summed E-state index contributed by atoms with van der Waals surface area (Å²) in [6.45, 7) is 0. The van der Waals surface area contributed by atoms with Gasteiger partial charge in [0.2, 0.25) is 4.80 Å². The summed E-state index contributed by atoms with van der Waals surface area (Å²) in [6, 6.07) is 13.8. The number of para-hydroxylation sites is 2. The molecule has 1 aromatic heterocycles. The molecule has 2 aromatic carbocycles. The normalized spacial score (nSPS) is 12.2. The predicted molar refractivity (Wildman–Crippen MR) is 93.5 cm³/mol.